The summed E-state index contributed by atoms with van der Waals surface area (Å²) in [6, 6.07) is 7.43. The minimum Gasteiger partial charge on any atom is -0.478 e. The fraction of sp³-hybridized carbons (Fsp3) is 0. The molecule has 0 aliphatic carbocycles. The van der Waals surface area contributed by atoms with Gasteiger partial charge in [-0.2, -0.15) is 0 Å². The second kappa shape index (κ2) is 6.18. The van der Waals surface area contributed by atoms with Crippen LogP contribution in [0.25, 0.3) is 0 Å². The minimum absolute atomic E-state index is 0.00164. The van der Waals surface area contributed by atoms with Crippen LogP contribution in [-0.4, -0.2) is 21.0 Å². The van der Waals surface area contributed by atoms with Gasteiger partial charge in [-0.3, -0.25) is 10.1 Å². The molecule has 8 heteroatoms. The van der Waals surface area contributed by atoms with Crippen LogP contribution in [0.15, 0.2) is 46.5 Å². The molecule has 0 radical (unpaired) electrons. The number of non-ortho nitro benzene ring substituents is 1. The number of aromatic carboxylic acids is 1. The standard InChI is InChI=1S/C12H7IN2O4S/c13-9-6-7(15(18)19)3-4-10(9)20-11-8(12(16)17)2-1-5-14-11/h1-6H,(H,16,17). The summed E-state index contributed by atoms with van der Waals surface area (Å²) in [5.41, 5.74) is 0.102. The number of nitro benzene ring substituents is 1. The molecule has 2 aromatic rings. The Bertz CT molecular complexity index is 693. The summed E-state index contributed by atoms with van der Waals surface area (Å²) in [5, 5.41) is 20.1. The Morgan fingerprint density at radius 2 is 2.15 bits per heavy atom. The lowest BCUT2D eigenvalue weighted by atomic mass is 10.3. The number of aromatic nitrogens is 1. The van der Waals surface area contributed by atoms with Gasteiger partial charge in [-0.1, -0.05) is 11.8 Å². The van der Waals surface area contributed by atoms with Gasteiger partial charge in [0.2, 0.25) is 0 Å². The smallest absolute Gasteiger partial charge is 0.338 e. The van der Waals surface area contributed by atoms with E-state index in [1.54, 1.807) is 12.1 Å². The molecule has 0 bridgehead atoms. The normalized spacial score (nSPS) is 10.2. The average molecular weight is 402 g/mol. The van der Waals surface area contributed by atoms with Crippen LogP contribution in [0.3, 0.4) is 0 Å². The Kier molecular flexibility index (Phi) is 4.55. The summed E-state index contributed by atoms with van der Waals surface area (Å²) in [4.78, 5) is 26.1. The molecule has 0 aliphatic heterocycles. The molecule has 0 unspecified atom stereocenters. The first kappa shape index (κ1) is 14.7. The number of hydrogen-bond donors (Lipinski definition) is 1. The van der Waals surface area contributed by atoms with Gasteiger partial charge in [0.05, 0.1) is 10.5 Å². The Hall–Kier alpha value is -1.68. The molecule has 2 rings (SSSR count). The molecule has 0 saturated heterocycles. The van der Waals surface area contributed by atoms with E-state index in [9.17, 15) is 14.9 Å². The van der Waals surface area contributed by atoms with Gasteiger partial charge in [0.15, 0.2) is 0 Å². The fourth-order valence-corrected chi connectivity index (χ4v) is 3.13. The number of rotatable bonds is 4. The van der Waals surface area contributed by atoms with Crippen LogP contribution in [0.2, 0.25) is 0 Å². The molecule has 0 amide bonds. The van der Waals surface area contributed by atoms with Gasteiger partial charge in [0, 0.05) is 26.8 Å². The van der Waals surface area contributed by atoms with Crippen LogP contribution < -0.4 is 0 Å². The van der Waals surface area contributed by atoms with Crippen LogP contribution in [-0.2, 0) is 0 Å². The first-order chi connectivity index (χ1) is 9.49. The highest BCUT2D eigenvalue weighted by molar-refractivity contribution is 14.1. The third-order valence-corrected chi connectivity index (χ3v) is 4.69. The largest absolute Gasteiger partial charge is 0.478 e. The lowest BCUT2D eigenvalue weighted by molar-refractivity contribution is -0.385. The van der Waals surface area contributed by atoms with Gasteiger partial charge in [-0.25, -0.2) is 9.78 Å². The summed E-state index contributed by atoms with van der Waals surface area (Å²) < 4.78 is 0.670. The zero-order valence-corrected chi connectivity index (χ0v) is 12.8. The topological polar surface area (TPSA) is 93.3 Å². The maximum absolute atomic E-state index is 11.1. The van der Waals surface area contributed by atoms with Crippen molar-refractivity contribution >= 4 is 46.0 Å². The van der Waals surface area contributed by atoms with Gasteiger partial charge < -0.3 is 5.11 Å². The molecule has 102 valence electrons. The third-order valence-electron chi connectivity index (χ3n) is 2.33. The van der Waals surface area contributed by atoms with Crippen LogP contribution in [0.1, 0.15) is 10.4 Å². The molecule has 20 heavy (non-hydrogen) atoms. The van der Waals surface area contributed by atoms with Gasteiger partial charge in [-0.05, 0) is 40.8 Å². The molecule has 1 aromatic heterocycles. The van der Waals surface area contributed by atoms with E-state index in [0.29, 0.717) is 8.60 Å². The zero-order valence-electron chi connectivity index (χ0n) is 9.82. The Balaban J connectivity index is 2.36. The van der Waals surface area contributed by atoms with Crippen molar-refractivity contribution in [2.75, 3.05) is 0 Å². The van der Waals surface area contributed by atoms with E-state index in [-0.39, 0.29) is 11.3 Å². The highest BCUT2D eigenvalue weighted by atomic mass is 127. The number of carbonyl (C=O) groups is 1. The summed E-state index contributed by atoms with van der Waals surface area (Å²) >= 11 is 3.14. The molecule has 1 heterocycles. The first-order valence-electron chi connectivity index (χ1n) is 5.29. The van der Waals surface area contributed by atoms with Crippen LogP contribution in [0, 0.1) is 13.7 Å². The molecule has 0 spiro atoms. The van der Waals surface area contributed by atoms with Crippen molar-refractivity contribution in [1.29, 1.82) is 0 Å². The van der Waals surface area contributed by atoms with Crippen molar-refractivity contribution in [2.24, 2.45) is 0 Å². The number of benzene rings is 1. The Labute approximate surface area is 131 Å². The third kappa shape index (κ3) is 3.25. The maximum Gasteiger partial charge on any atom is 0.338 e. The summed E-state index contributed by atoms with van der Waals surface area (Å²) in [5.74, 6) is -1.06. The second-order valence-corrected chi connectivity index (χ2v) is 5.83. The van der Waals surface area contributed by atoms with Gasteiger partial charge >= 0.3 is 5.97 Å². The number of hydrogen-bond acceptors (Lipinski definition) is 5. The minimum atomic E-state index is -1.06. The Morgan fingerprint density at radius 1 is 1.40 bits per heavy atom. The van der Waals surface area contributed by atoms with E-state index in [2.05, 4.69) is 4.98 Å². The lowest BCUT2D eigenvalue weighted by Gasteiger charge is -2.06. The van der Waals surface area contributed by atoms with E-state index in [4.69, 9.17) is 5.11 Å². The lowest BCUT2D eigenvalue weighted by Crippen LogP contribution is -2.00. The van der Waals surface area contributed by atoms with Crippen molar-refractivity contribution in [1.82, 2.24) is 4.98 Å². The van der Waals surface area contributed by atoms with Crippen LogP contribution in [0.5, 0.6) is 0 Å². The average Bonchev–Trinajstić information content (AvgIpc) is 2.41. The van der Waals surface area contributed by atoms with Crippen molar-refractivity contribution < 1.29 is 14.8 Å². The van der Waals surface area contributed by atoms with Gasteiger partial charge in [0.25, 0.3) is 5.69 Å². The highest BCUT2D eigenvalue weighted by Gasteiger charge is 2.15. The molecule has 6 nitrogen and oxygen atoms in total. The van der Waals surface area contributed by atoms with E-state index < -0.39 is 10.9 Å². The number of carboxylic acid groups (broad SMARTS) is 1. The zero-order chi connectivity index (χ0) is 14.7. The van der Waals surface area contributed by atoms with E-state index in [1.807, 2.05) is 22.6 Å². The number of carboxylic acids is 1. The number of nitro groups is 1. The fourth-order valence-electron chi connectivity index (χ4n) is 1.43. The highest BCUT2D eigenvalue weighted by Crippen LogP contribution is 2.33. The predicted octanol–water partition coefficient (Wildman–Crippen LogP) is 3.44. The predicted molar refractivity (Wildman–Crippen MR) is 81.1 cm³/mol. The Morgan fingerprint density at radius 3 is 2.75 bits per heavy atom. The molecule has 0 aliphatic rings. The summed E-state index contributed by atoms with van der Waals surface area (Å²) in [7, 11) is 0. The SMILES string of the molecule is O=C(O)c1cccnc1Sc1ccc([N+](=O)[O-])cc1I. The molecule has 0 fully saturated rings. The van der Waals surface area contributed by atoms with Crippen LogP contribution in [0.4, 0.5) is 5.69 Å². The monoisotopic (exact) mass is 402 g/mol. The van der Waals surface area contributed by atoms with E-state index >= 15 is 0 Å². The van der Waals surface area contributed by atoms with Crippen LogP contribution >= 0.6 is 34.4 Å². The van der Waals surface area contributed by atoms with Crippen molar-refractivity contribution in [3.8, 4) is 0 Å². The summed E-state index contributed by atoms with van der Waals surface area (Å²) in [6.07, 6.45) is 1.51. The molecule has 1 aromatic carbocycles. The van der Waals surface area contributed by atoms with Crippen molar-refractivity contribution in [3.05, 3.63) is 55.8 Å². The number of nitrogens with zero attached hydrogens (tertiary/aromatic N) is 2. The van der Waals surface area contributed by atoms with E-state index in [1.165, 1.54) is 36.2 Å². The molecular formula is C12H7IN2O4S. The molecule has 0 atom stereocenters. The van der Waals surface area contributed by atoms with E-state index in [0.717, 1.165) is 4.90 Å². The first-order valence-corrected chi connectivity index (χ1v) is 7.18. The van der Waals surface area contributed by atoms with Crippen molar-refractivity contribution in [3.63, 3.8) is 0 Å². The molecule has 0 saturated carbocycles. The quantitative estimate of drug-likeness (QED) is 0.479. The molecular weight excluding hydrogens is 395 g/mol. The van der Waals surface area contributed by atoms with Crippen molar-refractivity contribution in [2.45, 2.75) is 9.92 Å². The van der Waals surface area contributed by atoms with Gasteiger partial charge in [0.1, 0.15) is 5.03 Å². The molecule has 1 N–H and O–H groups in total. The second-order valence-electron chi connectivity index (χ2n) is 3.64. The maximum atomic E-state index is 11.1. The number of halogens is 1. The van der Waals surface area contributed by atoms with Gasteiger partial charge in [-0.15, -0.1) is 0 Å². The number of pyridine rings is 1. The summed E-state index contributed by atoms with van der Waals surface area (Å²) in [6.45, 7) is 0.